The second kappa shape index (κ2) is 9.55. The largest absolute Gasteiger partial charge is 0.334 e. The van der Waals surface area contributed by atoms with E-state index in [9.17, 15) is 13.2 Å². The van der Waals surface area contributed by atoms with Gasteiger partial charge in [-0.2, -0.15) is 0 Å². The smallest absolute Gasteiger partial charge is 0.264 e. The predicted octanol–water partition coefficient (Wildman–Crippen LogP) is 4.54. The minimum absolute atomic E-state index is 0.0301. The summed E-state index contributed by atoms with van der Waals surface area (Å²) in [6, 6.07) is 33.7. The second-order valence-electron chi connectivity index (χ2n) is 9.00. The summed E-state index contributed by atoms with van der Waals surface area (Å²) in [6.45, 7) is 0.210. The molecule has 0 radical (unpaired) electrons. The number of guanidine groups is 1. The summed E-state index contributed by atoms with van der Waals surface area (Å²) in [5.41, 5.74) is 3.36. The van der Waals surface area contributed by atoms with E-state index in [1.165, 1.54) is 4.90 Å². The quantitative estimate of drug-likeness (QED) is 0.340. The van der Waals surface area contributed by atoms with Gasteiger partial charge >= 0.3 is 0 Å². The molecule has 1 amide bonds. The Morgan fingerprint density at radius 2 is 1.38 bits per heavy atom. The van der Waals surface area contributed by atoms with Gasteiger partial charge in [-0.15, -0.1) is 0 Å². The number of carbonyl (C=O) groups is 1. The minimum atomic E-state index is -3.39. The summed E-state index contributed by atoms with van der Waals surface area (Å²) in [6.07, 6.45) is 1.11. The minimum Gasteiger partial charge on any atom is -0.334 e. The molecule has 1 aliphatic heterocycles. The Labute approximate surface area is 216 Å². The van der Waals surface area contributed by atoms with Crippen molar-refractivity contribution in [1.82, 2.24) is 10.2 Å². The molecule has 8 heteroatoms. The number of benzene rings is 4. The monoisotopic (exact) mass is 510 g/mol. The Morgan fingerprint density at radius 3 is 1.97 bits per heavy atom. The molecular weight excluding hydrogens is 484 g/mol. The molecular formula is C29H26N4O3S. The lowest BCUT2D eigenvalue weighted by atomic mass is 9.82. The summed E-state index contributed by atoms with van der Waals surface area (Å²) in [5, 5.41) is 11.9. The first-order chi connectivity index (χ1) is 17.8. The fourth-order valence-corrected chi connectivity index (χ4v) is 5.25. The summed E-state index contributed by atoms with van der Waals surface area (Å²) in [7, 11) is -3.39. The molecule has 0 unspecified atom stereocenters. The molecule has 0 aromatic heterocycles. The maximum atomic E-state index is 14.0. The van der Waals surface area contributed by atoms with Gasteiger partial charge in [0.2, 0.25) is 10.0 Å². The Kier molecular flexibility index (Phi) is 6.27. The average Bonchev–Trinajstić information content (AvgIpc) is 3.15. The number of amides is 1. The lowest BCUT2D eigenvalue weighted by Gasteiger charge is -2.28. The first-order valence-electron chi connectivity index (χ1n) is 11.7. The van der Waals surface area contributed by atoms with E-state index in [-0.39, 0.29) is 18.4 Å². The Bertz CT molecular complexity index is 1530. The standard InChI is InChI=1S/C29H26N4O3S/c1-37(35,36)32-26-17-9-12-23(19-26)22-11-8-10-21(18-22)20-33-27(34)29(31-28(33)30,24-13-4-2-5-14-24)25-15-6-3-7-16-25/h2-19,32H,20H2,1H3,(H2,30,31). The number of hydrogen-bond donors (Lipinski definition) is 3. The van der Waals surface area contributed by atoms with E-state index in [0.717, 1.165) is 34.1 Å². The molecule has 0 bridgehead atoms. The SMILES string of the molecule is CS(=O)(=O)Nc1cccc(-c2cccc(CN3C(=N)NC(c4ccccc4)(c4ccccc4)C3=O)c2)c1. The van der Waals surface area contributed by atoms with Crippen LogP contribution in [0.5, 0.6) is 0 Å². The van der Waals surface area contributed by atoms with E-state index >= 15 is 0 Å². The van der Waals surface area contributed by atoms with Crippen molar-refractivity contribution in [3.8, 4) is 11.1 Å². The molecule has 4 aromatic carbocycles. The number of nitrogens with zero attached hydrogens (tertiary/aromatic N) is 1. The highest BCUT2D eigenvalue weighted by Crippen LogP contribution is 2.36. The summed E-state index contributed by atoms with van der Waals surface area (Å²) < 4.78 is 25.8. The van der Waals surface area contributed by atoms with E-state index in [0.29, 0.717) is 5.69 Å². The van der Waals surface area contributed by atoms with Gasteiger partial charge in [0.05, 0.1) is 12.8 Å². The first kappa shape index (κ1) is 24.3. The number of carbonyl (C=O) groups excluding carboxylic acids is 1. The molecule has 1 heterocycles. The van der Waals surface area contributed by atoms with Crippen molar-refractivity contribution in [2.75, 3.05) is 11.0 Å². The highest BCUT2D eigenvalue weighted by Gasteiger charge is 2.52. The first-order valence-corrected chi connectivity index (χ1v) is 13.6. The van der Waals surface area contributed by atoms with Crippen molar-refractivity contribution in [2.45, 2.75) is 12.1 Å². The lowest BCUT2D eigenvalue weighted by molar-refractivity contribution is -0.130. The third-order valence-corrected chi connectivity index (χ3v) is 6.93. The highest BCUT2D eigenvalue weighted by atomic mass is 32.2. The van der Waals surface area contributed by atoms with Gasteiger partial charge in [-0.25, -0.2) is 8.42 Å². The van der Waals surface area contributed by atoms with Gasteiger partial charge in [0.15, 0.2) is 11.5 Å². The van der Waals surface area contributed by atoms with E-state index < -0.39 is 15.6 Å². The number of anilines is 1. The molecule has 0 atom stereocenters. The fourth-order valence-electron chi connectivity index (χ4n) is 4.70. The fraction of sp³-hybridized carbons (Fsp3) is 0.103. The van der Waals surface area contributed by atoms with Crippen LogP contribution in [0.15, 0.2) is 109 Å². The molecule has 186 valence electrons. The number of sulfonamides is 1. The zero-order valence-electron chi connectivity index (χ0n) is 20.2. The summed E-state index contributed by atoms with van der Waals surface area (Å²) >= 11 is 0. The van der Waals surface area contributed by atoms with Crippen molar-refractivity contribution < 1.29 is 13.2 Å². The van der Waals surface area contributed by atoms with E-state index in [1.54, 1.807) is 18.2 Å². The van der Waals surface area contributed by atoms with Gasteiger partial charge in [0.25, 0.3) is 5.91 Å². The predicted molar refractivity (Wildman–Crippen MR) is 145 cm³/mol. The van der Waals surface area contributed by atoms with Gasteiger partial charge in [-0.1, -0.05) is 91.0 Å². The van der Waals surface area contributed by atoms with E-state index in [2.05, 4.69) is 10.0 Å². The normalized spacial score (nSPS) is 14.9. The maximum absolute atomic E-state index is 14.0. The summed E-state index contributed by atoms with van der Waals surface area (Å²) in [5.74, 6) is -0.192. The van der Waals surface area contributed by atoms with Gasteiger partial charge in [0, 0.05) is 5.69 Å². The number of rotatable bonds is 7. The molecule has 7 nitrogen and oxygen atoms in total. The van der Waals surface area contributed by atoms with Crippen molar-refractivity contribution >= 4 is 27.6 Å². The molecule has 3 N–H and O–H groups in total. The zero-order valence-corrected chi connectivity index (χ0v) is 21.0. The number of nitrogens with one attached hydrogen (secondary N) is 3. The van der Waals surface area contributed by atoms with Crippen molar-refractivity contribution in [3.63, 3.8) is 0 Å². The van der Waals surface area contributed by atoms with Crippen LogP contribution >= 0.6 is 0 Å². The van der Waals surface area contributed by atoms with Gasteiger partial charge in [-0.05, 0) is 46.0 Å². The molecule has 5 rings (SSSR count). The van der Waals surface area contributed by atoms with Crippen LogP contribution in [0.2, 0.25) is 0 Å². The van der Waals surface area contributed by atoms with Crippen LogP contribution in [0.1, 0.15) is 16.7 Å². The van der Waals surface area contributed by atoms with Crippen molar-refractivity contribution in [3.05, 3.63) is 126 Å². The average molecular weight is 511 g/mol. The molecule has 0 saturated carbocycles. The maximum Gasteiger partial charge on any atom is 0.264 e. The number of hydrogen-bond acceptors (Lipinski definition) is 4. The van der Waals surface area contributed by atoms with Gasteiger partial charge < -0.3 is 5.32 Å². The van der Waals surface area contributed by atoms with Crippen LogP contribution in [0.25, 0.3) is 11.1 Å². The van der Waals surface area contributed by atoms with E-state index in [1.807, 2.05) is 91.0 Å². The van der Waals surface area contributed by atoms with Crippen LogP contribution in [0.4, 0.5) is 5.69 Å². The van der Waals surface area contributed by atoms with Crippen LogP contribution in [-0.2, 0) is 26.9 Å². The van der Waals surface area contributed by atoms with E-state index in [4.69, 9.17) is 5.41 Å². The molecule has 1 aliphatic rings. The second-order valence-corrected chi connectivity index (χ2v) is 10.8. The van der Waals surface area contributed by atoms with Gasteiger partial charge in [-0.3, -0.25) is 19.8 Å². The third kappa shape index (κ3) is 4.83. The van der Waals surface area contributed by atoms with Crippen LogP contribution < -0.4 is 10.0 Å². The highest BCUT2D eigenvalue weighted by molar-refractivity contribution is 7.92. The zero-order chi connectivity index (χ0) is 26.0. The molecule has 1 fully saturated rings. The molecule has 1 saturated heterocycles. The lowest BCUT2D eigenvalue weighted by Crippen LogP contribution is -2.45. The molecule has 0 aliphatic carbocycles. The Hall–Kier alpha value is -4.43. The van der Waals surface area contributed by atoms with Crippen LogP contribution in [-0.4, -0.2) is 31.4 Å². The third-order valence-electron chi connectivity index (χ3n) is 6.32. The van der Waals surface area contributed by atoms with Crippen LogP contribution in [0, 0.1) is 5.41 Å². The summed E-state index contributed by atoms with van der Waals surface area (Å²) in [4.78, 5) is 15.5. The molecule has 4 aromatic rings. The van der Waals surface area contributed by atoms with Crippen molar-refractivity contribution in [1.29, 1.82) is 5.41 Å². The topological polar surface area (TPSA) is 102 Å². The molecule has 0 spiro atoms. The Balaban J connectivity index is 1.47. The van der Waals surface area contributed by atoms with Gasteiger partial charge in [0.1, 0.15) is 0 Å². The van der Waals surface area contributed by atoms with Crippen molar-refractivity contribution in [2.24, 2.45) is 0 Å². The van der Waals surface area contributed by atoms with Crippen LogP contribution in [0.3, 0.4) is 0 Å². The molecule has 37 heavy (non-hydrogen) atoms. The Morgan fingerprint density at radius 1 is 0.811 bits per heavy atom.